The topological polar surface area (TPSA) is 50.4 Å². The molecule has 1 amide bonds. The Kier molecular flexibility index (Phi) is 3.10. The minimum absolute atomic E-state index is 0.289. The molecule has 0 unspecified atom stereocenters. The van der Waals surface area contributed by atoms with Gasteiger partial charge in [0, 0.05) is 18.1 Å². The smallest absolute Gasteiger partial charge is 0.407 e. The van der Waals surface area contributed by atoms with Gasteiger partial charge in [-0.1, -0.05) is 0 Å². The van der Waals surface area contributed by atoms with Crippen molar-refractivity contribution in [2.45, 2.75) is 70.2 Å². The number of carbonyl (C=O) groups excluding carboxylic acids is 1. The molecule has 0 heterocycles. The van der Waals surface area contributed by atoms with Crippen molar-refractivity contribution in [1.82, 2.24) is 10.6 Å². The Balaban J connectivity index is 1.59. The van der Waals surface area contributed by atoms with Gasteiger partial charge in [0.15, 0.2) is 0 Å². The highest BCUT2D eigenvalue weighted by Gasteiger charge is 2.34. The van der Waals surface area contributed by atoms with E-state index < -0.39 is 5.60 Å². The number of alkyl carbamates (subject to hydrolysis) is 1. The lowest BCUT2D eigenvalue weighted by Crippen LogP contribution is -2.53. The molecular formula is C12H22N2O2. The van der Waals surface area contributed by atoms with Crippen LogP contribution < -0.4 is 10.6 Å². The summed E-state index contributed by atoms with van der Waals surface area (Å²) >= 11 is 0. The lowest BCUT2D eigenvalue weighted by molar-refractivity contribution is 0.0465. The Labute approximate surface area is 97.1 Å². The van der Waals surface area contributed by atoms with Crippen molar-refractivity contribution in [3.63, 3.8) is 0 Å². The van der Waals surface area contributed by atoms with Crippen molar-refractivity contribution >= 4 is 6.09 Å². The first-order valence-electron chi connectivity index (χ1n) is 6.18. The Morgan fingerprint density at radius 3 is 2.25 bits per heavy atom. The minimum atomic E-state index is -0.403. The van der Waals surface area contributed by atoms with Gasteiger partial charge in [-0.2, -0.15) is 0 Å². The molecule has 0 aromatic carbocycles. The van der Waals surface area contributed by atoms with E-state index in [9.17, 15) is 4.79 Å². The van der Waals surface area contributed by atoms with Gasteiger partial charge in [0.1, 0.15) is 5.60 Å². The van der Waals surface area contributed by atoms with Gasteiger partial charge in [-0.15, -0.1) is 0 Å². The monoisotopic (exact) mass is 226 g/mol. The molecule has 0 bridgehead atoms. The Hall–Kier alpha value is -0.770. The van der Waals surface area contributed by atoms with Crippen molar-refractivity contribution in [2.24, 2.45) is 0 Å². The number of hydrogen-bond acceptors (Lipinski definition) is 3. The molecule has 2 rings (SSSR count). The summed E-state index contributed by atoms with van der Waals surface area (Å²) in [5.41, 5.74) is -0.403. The predicted molar refractivity (Wildman–Crippen MR) is 62.3 cm³/mol. The maximum Gasteiger partial charge on any atom is 0.407 e. The molecule has 2 saturated carbocycles. The number of hydrogen-bond donors (Lipinski definition) is 2. The lowest BCUT2D eigenvalue weighted by atomic mass is 9.87. The quantitative estimate of drug-likeness (QED) is 0.771. The predicted octanol–water partition coefficient (Wildman–Crippen LogP) is 1.79. The molecule has 2 N–H and O–H groups in total. The molecule has 0 atom stereocenters. The van der Waals surface area contributed by atoms with Crippen LogP contribution in [-0.2, 0) is 4.74 Å². The summed E-state index contributed by atoms with van der Waals surface area (Å²) in [6.07, 6.45) is 4.43. The van der Waals surface area contributed by atoms with Crippen LogP contribution in [-0.4, -0.2) is 29.8 Å². The van der Waals surface area contributed by atoms with Crippen molar-refractivity contribution in [3.05, 3.63) is 0 Å². The second-order valence-corrected chi connectivity index (χ2v) is 5.95. The van der Waals surface area contributed by atoms with E-state index >= 15 is 0 Å². The first kappa shape index (κ1) is 11.7. The number of carbonyl (C=O) groups is 1. The summed E-state index contributed by atoms with van der Waals surface area (Å²) in [4.78, 5) is 11.4. The molecule has 0 radical (unpaired) electrons. The van der Waals surface area contributed by atoms with E-state index in [1.54, 1.807) is 0 Å². The van der Waals surface area contributed by atoms with Crippen LogP contribution in [0, 0.1) is 0 Å². The fraction of sp³-hybridized carbons (Fsp3) is 0.917. The normalized spacial score (nSPS) is 29.4. The van der Waals surface area contributed by atoms with Crippen molar-refractivity contribution in [1.29, 1.82) is 0 Å². The molecule has 4 nitrogen and oxygen atoms in total. The van der Waals surface area contributed by atoms with E-state index in [1.165, 1.54) is 12.8 Å². The summed E-state index contributed by atoms with van der Waals surface area (Å²) in [7, 11) is 0. The third kappa shape index (κ3) is 3.67. The average molecular weight is 226 g/mol. The zero-order chi connectivity index (χ0) is 11.8. The largest absolute Gasteiger partial charge is 0.444 e. The third-order valence-corrected chi connectivity index (χ3v) is 2.91. The fourth-order valence-corrected chi connectivity index (χ4v) is 1.93. The standard InChI is InChI=1S/C12H22N2O2/c1-12(2,3)16-11(15)14-10-6-9(7-10)13-8-4-5-8/h8-10,13H,4-7H2,1-3H3,(H,14,15). The van der Waals surface area contributed by atoms with Gasteiger partial charge in [0.2, 0.25) is 0 Å². The van der Waals surface area contributed by atoms with Crippen LogP contribution in [0.3, 0.4) is 0 Å². The van der Waals surface area contributed by atoms with Gasteiger partial charge in [0.05, 0.1) is 0 Å². The number of nitrogens with one attached hydrogen (secondary N) is 2. The van der Waals surface area contributed by atoms with Crippen LogP contribution in [0.25, 0.3) is 0 Å². The van der Waals surface area contributed by atoms with E-state index in [4.69, 9.17) is 4.74 Å². The highest BCUT2D eigenvalue weighted by Crippen LogP contribution is 2.26. The van der Waals surface area contributed by atoms with Crippen LogP contribution in [0.5, 0.6) is 0 Å². The van der Waals surface area contributed by atoms with E-state index in [-0.39, 0.29) is 6.09 Å². The first-order valence-corrected chi connectivity index (χ1v) is 6.18. The molecule has 0 spiro atoms. The van der Waals surface area contributed by atoms with E-state index in [1.807, 2.05) is 20.8 Å². The molecular weight excluding hydrogens is 204 g/mol. The van der Waals surface area contributed by atoms with Gasteiger partial charge < -0.3 is 15.4 Å². The van der Waals surface area contributed by atoms with Gasteiger partial charge in [-0.3, -0.25) is 0 Å². The maximum atomic E-state index is 11.4. The van der Waals surface area contributed by atoms with Crippen LogP contribution in [0.2, 0.25) is 0 Å². The average Bonchev–Trinajstić information content (AvgIpc) is 2.80. The van der Waals surface area contributed by atoms with E-state index in [0.29, 0.717) is 12.1 Å². The van der Waals surface area contributed by atoms with Crippen molar-refractivity contribution in [3.8, 4) is 0 Å². The van der Waals surface area contributed by atoms with Crippen molar-refractivity contribution < 1.29 is 9.53 Å². The fourth-order valence-electron chi connectivity index (χ4n) is 1.93. The second kappa shape index (κ2) is 4.24. The molecule has 4 heteroatoms. The molecule has 2 fully saturated rings. The van der Waals surface area contributed by atoms with Crippen LogP contribution >= 0.6 is 0 Å². The lowest BCUT2D eigenvalue weighted by Gasteiger charge is -2.36. The number of amides is 1. The molecule has 2 aliphatic carbocycles. The Bertz CT molecular complexity index is 263. The van der Waals surface area contributed by atoms with Crippen LogP contribution in [0.4, 0.5) is 4.79 Å². The molecule has 16 heavy (non-hydrogen) atoms. The number of rotatable bonds is 3. The maximum absolute atomic E-state index is 11.4. The van der Waals surface area contributed by atoms with Crippen molar-refractivity contribution in [2.75, 3.05) is 0 Å². The molecule has 92 valence electrons. The summed E-state index contributed by atoms with van der Waals surface area (Å²) in [6.45, 7) is 5.64. The van der Waals surface area contributed by atoms with E-state index in [0.717, 1.165) is 18.9 Å². The third-order valence-electron chi connectivity index (χ3n) is 2.91. The summed E-state index contributed by atoms with van der Waals surface area (Å²) in [6, 6.07) is 1.66. The molecule has 0 aromatic heterocycles. The highest BCUT2D eigenvalue weighted by molar-refractivity contribution is 5.68. The number of ether oxygens (including phenoxy) is 1. The molecule has 0 saturated heterocycles. The molecule has 0 aromatic rings. The second-order valence-electron chi connectivity index (χ2n) is 5.95. The minimum Gasteiger partial charge on any atom is -0.444 e. The first-order chi connectivity index (χ1) is 7.42. The van der Waals surface area contributed by atoms with Crippen LogP contribution in [0.1, 0.15) is 46.5 Å². The zero-order valence-electron chi connectivity index (χ0n) is 10.4. The Morgan fingerprint density at radius 1 is 1.12 bits per heavy atom. The molecule has 2 aliphatic rings. The highest BCUT2D eigenvalue weighted by atomic mass is 16.6. The zero-order valence-corrected chi connectivity index (χ0v) is 10.4. The summed E-state index contributed by atoms with van der Waals surface area (Å²) < 4.78 is 5.20. The molecule has 0 aliphatic heterocycles. The SMILES string of the molecule is CC(C)(C)OC(=O)NC1CC(NC2CC2)C1. The van der Waals surface area contributed by atoms with E-state index in [2.05, 4.69) is 10.6 Å². The van der Waals surface area contributed by atoms with Gasteiger partial charge in [0.25, 0.3) is 0 Å². The van der Waals surface area contributed by atoms with Gasteiger partial charge in [-0.05, 0) is 46.5 Å². The van der Waals surface area contributed by atoms with Gasteiger partial charge in [-0.25, -0.2) is 4.79 Å². The Morgan fingerprint density at radius 2 is 1.75 bits per heavy atom. The van der Waals surface area contributed by atoms with Crippen LogP contribution in [0.15, 0.2) is 0 Å². The summed E-state index contributed by atoms with van der Waals surface area (Å²) in [5, 5.41) is 6.45. The van der Waals surface area contributed by atoms with Gasteiger partial charge >= 0.3 is 6.09 Å². The summed E-state index contributed by atoms with van der Waals surface area (Å²) in [5.74, 6) is 0.